The molecule has 3 aromatic rings. The van der Waals surface area contributed by atoms with E-state index >= 15 is 0 Å². The topological polar surface area (TPSA) is 76.1 Å². The molecule has 1 N–H and O–H groups in total. The minimum Gasteiger partial charge on any atom is -0.507 e. The number of aliphatic hydroxyl groups excluding tert-OH is 1. The molecule has 1 amide bonds. The number of benzene rings is 2. The number of aliphatic hydroxyl groups is 1. The van der Waals surface area contributed by atoms with E-state index in [2.05, 4.69) is 0 Å². The van der Waals surface area contributed by atoms with Gasteiger partial charge in [-0.15, -0.1) is 11.3 Å². The molecule has 0 radical (unpaired) electrons. The summed E-state index contributed by atoms with van der Waals surface area (Å²) >= 11 is 1.43. The molecule has 2 aromatic carbocycles. The number of carbonyl (C=O) groups excluding carboxylic acids is 2. The van der Waals surface area contributed by atoms with E-state index in [9.17, 15) is 14.7 Å². The number of ketones is 1. The Kier molecular flexibility index (Phi) is 4.52. The molecule has 1 aromatic heterocycles. The Bertz CT molecular complexity index is 1150. The van der Waals surface area contributed by atoms with Crippen LogP contribution in [-0.2, 0) is 9.59 Å². The first-order valence-corrected chi connectivity index (χ1v) is 10.3. The highest BCUT2D eigenvalue weighted by Crippen LogP contribution is 2.44. The van der Waals surface area contributed by atoms with Crippen LogP contribution in [0.1, 0.15) is 16.5 Å². The Hall–Kier alpha value is -3.58. The van der Waals surface area contributed by atoms with Gasteiger partial charge in [-0.3, -0.25) is 14.5 Å². The highest BCUT2D eigenvalue weighted by molar-refractivity contribution is 7.10. The van der Waals surface area contributed by atoms with Crippen molar-refractivity contribution in [1.29, 1.82) is 0 Å². The number of amides is 1. The molecule has 0 bridgehead atoms. The van der Waals surface area contributed by atoms with Gasteiger partial charge >= 0.3 is 0 Å². The second kappa shape index (κ2) is 7.35. The summed E-state index contributed by atoms with van der Waals surface area (Å²) in [5.74, 6) is -0.543. The number of rotatable bonds is 3. The second-order valence-corrected chi connectivity index (χ2v) is 7.86. The molecule has 1 atom stereocenters. The molecule has 6 nitrogen and oxygen atoms in total. The van der Waals surface area contributed by atoms with Crippen LogP contribution in [0.4, 0.5) is 5.69 Å². The number of para-hydroxylation sites is 1. The highest BCUT2D eigenvalue weighted by atomic mass is 32.1. The van der Waals surface area contributed by atoms with Crippen LogP contribution in [0.15, 0.2) is 71.6 Å². The molecule has 7 heteroatoms. The SMILES string of the molecule is O=C1C(=O)N(c2ccccc2)C(c2cccs2)/C1=C(/O)c1ccc2c(c1)OCCO2. The molecule has 3 heterocycles. The van der Waals surface area contributed by atoms with Gasteiger partial charge < -0.3 is 14.6 Å². The molecule has 2 aliphatic heterocycles. The van der Waals surface area contributed by atoms with Crippen molar-refractivity contribution in [1.82, 2.24) is 0 Å². The minimum absolute atomic E-state index is 0.0583. The molecule has 0 spiro atoms. The zero-order valence-electron chi connectivity index (χ0n) is 15.8. The minimum atomic E-state index is -0.718. The average molecular weight is 419 g/mol. The number of hydrogen-bond donors (Lipinski definition) is 1. The average Bonchev–Trinajstić information content (AvgIpc) is 3.40. The lowest BCUT2D eigenvalue weighted by molar-refractivity contribution is -0.132. The van der Waals surface area contributed by atoms with Crippen LogP contribution in [0.3, 0.4) is 0 Å². The smallest absolute Gasteiger partial charge is 0.300 e. The summed E-state index contributed by atoms with van der Waals surface area (Å²) in [7, 11) is 0. The molecule has 150 valence electrons. The fourth-order valence-electron chi connectivity index (χ4n) is 3.75. The van der Waals surface area contributed by atoms with Crippen LogP contribution >= 0.6 is 11.3 Å². The normalized spacial score (nSPS) is 19.9. The van der Waals surface area contributed by atoms with Crippen LogP contribution in [0.5, 0.6) is 11.5 Å². The van der Waals surface area contributed by atoms with E-state index in [0.29, 0.717) is 36.0 Å². The zero-order chi connectivity index (χ0) is 20.7. The third-order valence-corrected chi connectivity index (χ3v) is 6.03. The van der Waals surface area contributed by atoms with Crippen molar-refractivity contribution < 1.29 is 24.2 Å². The fourth-order valence-corrected chi connectivity index (χ4v) is 4.57. The molecular weight excluding hydrogens is 402 g/mol. The largest absolute Gasteiger partial charge is 0.507 e. The Balaban J connectivity index is 1.67. The third-order valence-electron chi connectivity index (χ3n) is 5.11. The van der Waals surface area contributed by atoms with E-state index in [4.69, 9.17) is 9.47 Å². The number of carbonyl (C=O) groups is 2. The van der Waals surface area contributed by atoms with Gasteiger partial charge in [0.05, 0.1) is 5.57 Å². The summed E-state index contributed by atoms with van der Waals surface area (Å²) in [6, 6.07) is 17.0. The van der Waals surface area contributed by atoms with Crippen molar-refractivity contribution in [3.63, 3.8) is 0 Å². The zero-order valence-corrected chi connectivity index (χ0v) is 16.6. The van der Waals surface area contributed by atoms with Crippen molar-refractivity contribution in [2.24, 2.45) is 0 Å². The molecule has 0 aliphatic carbocycles. The van der Waals surface area contributed by atoms with Gasteiger partial charge in [0.25, 0.3) is 11.7 Å². The van der Waals surface area contributed by atoms with E-state index in [-0.39, 0.29) is 11.3 Å². The van der Waals surface area contributed by atoms with E-state index in [0.717, 1.165) is 4.88 Å². The lowest BCUT2D eigenvalue weighted by Gasteiger charge is -2.24. The quantitative estimate of drug-likeness (QED) is 0.392. The van der Waals surface area contributed by atoms with Crippen LogP contribution in [-0.4, -0.2) is 30.0 Å². The molecule has 5 rings (SSSR count). The van der Waals surface area contributed by atoms with E-state index in [1.54, 1.807) is 42.5 Å². The molecule has 2 aliphatic rings. The second-order valence-electron chi connectivity index (χ2n) is 6.88. The molecular formula is C23H17NO5S. The van der Waals surface area contributed by atoms with Crippen LogP contribution < -0.4 is 14.4 Å². The summed E-state index contributed by atoms with van der Waals surface area (Å²) in [4.78, 5) is 28.3. The first-order chi connectivity index (χ1) is 14.6. The Morgan fingerprint density at radius 3 is 2.47 bits per heavy atom. The van der Waals surface area contributed by atoms with Crippen molar-refractivity contribution in [3.05, 3.63) is 82.1 Å². The third kappa shape index (κ3) is 2.95. The van der Waals surface area contributed by atoms with Gasteiger partial charge in [-0.2, -0.15) is 0 Å². The number of nitrogens with zero attached hydrogens (tertiary/aromatic N) is 1. The molecule has 1 unspecified atom stereocenters. The number of fused-ring (bicyclic) bond motifs is 1. The monoisotopic (exact) mass is 419 g/mol. The Morgan fingerprint density at radius 1 is 0.967 bits per heavy atom. The summed E-state index contributed by atoms with van der Waals surface area (Å²) in [6.45, 7) is 0.865. The van der Waals surface area contributed by atoms with Gasteiger partial charge in [0.2, 0.25) is 0 Å². The number of Topliss-reactive ketones (excluding diaryl/α,β-unsaturated/α-hetero) is 1. The predicted molar refractivity (Wildman–Crippen MR) is 113 cm³/mol. The fraction of sp³-hybridized carbons (Fsp3) is 0.130. The van der Waals surface area contributed by atoms with E-state index < -0.39 is 17.7 Å². The van der Waals surface area contributed by atoms with Gasteiger partial charge in [0, 0.05) is 16.1 Å². The highest BCUT2D eigenvalue weighted by Gasteiger charge is 2.47. The maximum atomic E-state index is 13.0. The lowest BCUT2D eigenvalue weighted by atomic mass is 9.99. The van der Waals surface area contributed by atoms with Crippen molar-refractivity contribution in [2.45, 2.75) is 6.04 Å². The van der Waals surface area contributed by atoms with Crippen molar-refractivity contribution >= 4 is 34.5 Å². The van der Waals surface area contributed by atoms with Gasteiger partial charge in [0.1, 0.15) is 25.0 Å². The van der Waals surface area contributed by atoms with Crippen LogP contribution in [0.2, 0.25) is 0 Å². The van der Waals surface area contributed by atoms with Crippen molar-refractivity contribution in [3.8, 4) is 11.5 Å². The molecule has 1 saturated heterocycles. The van der Waals surface area contributed by atoms with Crippen LogP contribution in [0, 0.1) is 0 Å². The summed E-state index contributed by atoms with van der Waals surface area (Å²) in [5.41, 5.74) is 1.05. The molecule has 0 saturated carbocycles. The summed E-state index contributed by atoms with van der Waals surface area (Å²) < 4.78 is 11.1. The lowest BCUT2D eigenvalue weighted by Crippen LogP contribution is -2.29. The van der Waals surface area contributed by atoms with Gasteiger partial charge in [0.15, 0.2) is 11.5 Å². The van der Waals surface area contributed by atoms with Crippen LogP contribution in [0.25, 0.3) is 5.76 Å². The molecule has 30 heavy (non-hydrogen) atoms. The Morgan fingerprint density at radius 2 is 1.73 bits per heavy atom. The Labute approximate surface area is 176 Å². The maximum absolute atomic E-state index is 13.0. The number of ether oxygens (including phenoxy) is 2. The number of anilines is 1. The first kappa shape index (κ1) is 18.4. The predicted octanol–water partition coefficient (Wildman–Crippen LogP) is 4.15. The van der Waals surface area contributed by atoms with Gasteiger partial charge in [-0.05, 0) is 41.8 Å². The molecule has 1 fully saturated rings. The van der Waals surface area contributed by atoms with Gasteiger partial charge in [-0.25, -0.2) is 0 Å². The van der Waals surface area contributed by atoms with E-state index in [1.165, 1.54) is 16.2 Å². The standard InChI is InChI=1S/C23H17NO5S/c25-21(14-8-9-16-17(13-14)29-11-10-28-16)19-20(18-7-4-12-30-18)24(23(27)22(19)26)15-5-2-1-3-6-15/h1-9,12-13,20,25H,10-11H2/b21-19-. The van der Waals surface area contributed by atoms with Crippen molar-refractivity contribution in [2.75, 3.05) is 18.1 Å². The van der Waals surface area contributed by atoms with Gasteiger partial charge in [-0.1, -0.05) is 24.3 Å². The number of hydrogen-bond acceptors (Lipinski definition) is 6. The summed E-state index contributed by atoms with van der Waals surface area (Å²) in [6.07, 6.45) is 0. The maximum Gasteiger partial charge on any atom is 0.300 e. The van der Waals surface area contributed by atoms with E-state index in [1.807, 2.05) is 23.6 Å². The first-order valence-electron chi connectivity index (χ1n) is 9.44. The number of thiophene rings is 1. The summed E-state index contributed by atoms with van der Waals surface area (Å²) in [5, 5.41) is 13.0.